The minimum Gasteiger partial charge on any atom is -0.392 e. The van der Waals surface area contributed by atoms with Crippen molar-refractivity contribution in [2.24, 2.45) is 5.92 Å². The molecule has 0 aromatic heterocycles. The fourth-order valence-corrected chi connectivity index (χ4v) is 5.26. The van der Waals surface area contributed by atoms with Crippen LogP contribution in [0, 0.1) is 18.7 Å². The lowest BCUT2D eigenvalue weighted by atomic mass is 10.1. The molecule has 2 unspecified atom stereocenters. The number of halogens is 1. The molecule has 1 aliphatic heterocycles. The molecule has 0 spiro atoms. The Labute approximate surface area is 118 Å². The van der Waals surface area contributed by atoms with Crippen molar-refractivity contribution in [3.05, 3.63) is 29.1 Å². The van der Waals surface area contributed by atoms with Crippen LogP contribution < -0.4 is 0 Å². The summed E-state index contributed by atoms with van der Waals surface area (Å²) >= 11 is 0. The summed E-state index contributed by atoms with van der Waals surface area (Å²) in [5.74, 6) is -0.0666. The molecule has 3 rings (SSSR count). The number of aliphatic hydroxyl groups is 1. The van der Waals surface area contributed by atoms with E-state index in [1.165, 1.54) is 19.1 Å². The maximum absolute atomic E-state index is 13.7. The quantitative estimate of drug-likeness (QED) is 0.926. The van der Waals surface area contributed by atoms with Crippen molar-refractivity contribution in [3.8, 4) is 0 Å². The van der Waals surface area contributed by atoms with Crippen molar-refractivity contribution in [2.75, 3.05) is 6.54 Å². The van der Waals surface area contributed by atoms with Crippen LogP contribution in [0.25, 0.3) is 0 Å². The van der Waals surface area contributed by atoms with Gasteiger partial charge in [0, 0.05) is 18.2 Å². The van der Waals surface area contributed by atoms with Crippen molar-refractivity contribution in [1.82, 2.24) is 4.31 Å². The van der Waals surface area contributed by atoms with E-state index in [4.69, 9.17) is 5.11 Å². The Morgan fingerprint density at radius 2 is 2.15 bits per heavy atom. The molecule has 2 bridgehead atoms. The Hall–Kier alpha value is -0.980. The van der Waals surface area contributed by atoms with Crippen molar-refractivity contribution in [3.63, 3.8) is 0 Å². The van der Waals surface area contributed by atoms with Crippen LogP contribution >= 0.6 is 0 Å². The van der Waals surface area contributed by atoms with Crippen LogP contribution in [-0.4, -0.2) is 30.4 Å². The van der Waals surface area contributed by atoms with E-state index in [1.54, 1.807) is 4.31 Å². The average molecular weight is 299 g/mol. The van der Waals surface area contributed by atoms with Gasteiger partial charge < -0.3 is 5.11 Å². The smallest absolute Gasteiger partial charge is 0.243 e. The summed E-state index contributed by atoms with van der Waals surface area (Å²) in [6.07, 6.45) is 2.95. The molecule has 1 aromatic carbocycles. The van der Waals surface area contributed by atoms with Gasteiger partial charge in [0.25, 0.3) is 0 Å². The van der Waals surface area contributed by atoms with Crippen molar-refractivity contribution in [1.29, 1.82) is 0 Å². The van der Waals surface area contributed by atoms with Crippen molar-refractivity contribution in [2.45, 2.75) is 43.7 Å². The zero-order chi connectivity index (χ0) is 14.5. The van der Waals surface area contributed by atoms with Crippen molar-refractivity contribution < 1.29 is 17.9 Å². The van der Waals surface area contributed by atoms with Gasteiger partial charge in [-0.15, -0.1) is 0 Å². The fourth-order valence-electron chi connectivity index (χ4n) is 3.38. The van der Waals surface area contributed by atoms with Crippen LogP contribution in [0.2, 0.25) is 0 Å². The second-order valence-corrected chi connectivity index (χ2v) is 7.67. The molecule has 1 aromatic rings. The Kier molecular flexibility index (Phi) is 3.35. The summed E-state index contributed by atoms with van der Waals surface area (Å²) in [7, 11) is -3.59. The molecule has 1 N–H and O–H groups in total. The normalized spacial score (nSPS) is 26.4. The lowest BCUT2D eigenvalue weighted by Gasteiger charge is -2.26. The van der Waals surface area contributed by atoms with Gasteiger partial charge in [-0.05, 0) is 49.8 Å². The monoisotopic (exact) mass is 299 g/mol. The fraction of sp³-hybridized carbons (Fsp3) is 0.571. The molecular weight excluding hydrogens is 281 g/mol. The Balaban J connectivity index is 2.01. The van der Waals surface area contributed by atoms with Crippen LogP contribution in [0.4, 0.5) is 4.39 Å². The van der Waals surface area contributed by atoms with Gasteiger partial charge >= 0.3 is 0 Å². The second kappa shape index (κ2) is 4.79. The van der Waals surface area contributed by atoms with Gasteiger partial charge in [-0.3, -0.25) is 0 Å². The van der Waals surface area contributed by atoms with Gasteiger partial charge in [0.1, 0.15) is 5.82 Å². The van der Waals surface area contributed by atoms with Gasteiger partial charge in [-0.1, -0.05) is 0 Å². The molecule has 1 aliphatic carbocycles. The first-order valence-electron chi connectivity index (χ1n) is 6.85. The third-order valence-corrected chi connectivity index (χ3v) is 6.34. The first-order valence-corrected chi connectivity index (χ1v) is 8.29. The molecule has 110 valence electrons. The minimum atomic E-state index is -3.59. The molecule has 1 saturated heterocycles. The molecule has 4 nitrogen and oxygen atoms in total. The topological polar surface area (TPSA) is 57.6 Å². The van der Waals surface area contributed by atoms with E-state index < -0.39 is 22.4 Å². The van der Waals surface area contributed by atoms with E-state index in [9.17, 15) is 12.8 Å². The molecular formula is C14H18FNO3S. The van der Waals surface area contributed by atoms with Gasteiger partial charge in [-0.2, -0.15) is 4.31 Å². The maximum Gasteiger partial charge on any atom is 0.243 e. The lowest BCUT2D eigenvalue weighted by molar-refractivity contribution is 0.275. The summed E-state index contributed by atoms with van der Waals surface area (Å²) in [6.45, 7) is 1.59. The molecule has 2 atom stereocenters. The summed E-state index contributed by atoms with van der Waals surface area (Å²) in [5.41, 5.74) is 0.285. The maximum atomic E-state index is 13.7. The average Bonchev–Trinajstić information content (AvgIpc) is 3.04. The number of sulfonamides is 1. The van der Waals surface area contributed by atoms with E-state index >= 15 is 0 Å². The minimum absolute atomic E-state index is 0.0351. The number of nitrogens with zero attached hydrogens (tertiary/aromatic N) is 1. The number of fused-ring (bicyclic) bond motifs is 2. The molecule has 2 aliphatic rings. The SMILES string of the molecule is Cc1cc(S(=O)(=O)N2CC3CCC2C3)cc(CO)c1F. The number of hydrogen-bond donors (Lipinski definition) is 1. The molecule has 6 heteroatoms. The molecule has 1 heterocycles. The predicted octanol–water partition coefficient (Wildman–Crippen LogP) is 1.80. The van der Waals surface area contributed by atoms with E-state index in [2.05, 4.69) is 0 Å². The van der Waals surface area contributed by atoms with Gasteiger partial charge in [0.2, 0.25) is 10.0 Å². The number of hydrogen-bond acceptors (Lipinski definition) is 3. The largest absolute Gasteiger partial charge is 0.392 e. The number of aryl methyl sites for hydroxylation is 1. The van der Waals surface area contributed by atoms with Crippen LogP contribution in [0.3, 0.4) is 0 Å². The summed E-state index contributed by atoms with van der Waals surface area (Å²) < 4.78 is 40.6. The molecule has 20 heavy (non-hydrogen) atoms. The predicted molar refractivity (Wildman–Crippen MR) is 72.1 cm³/mol. The van der Waals surface area contributed by atoms with Gasteiger partial charge in [0.05, 0.1) is 11.5 Å². The van der Waals surface area contributed by atoms with Gasteiger partial charge in [-0.25, -0.2) is 12.8 Å². The summed E-state index contributed by atoms with van der Waals surface area (Å²) in [5, 5.41) is 9.16. The Morgan fingerprint density at radius 1 is 1.40 bits per heavy atom. The number of rotatable bonds is 3. The highest BCUT2D eigenvalue weighted by Crippen LogP contribution is 2.40. The first-order chi connectivity index (χ1) is 9.43. The van der Waals surface area contributed by atoms with Crippen molar-refractivity contribution >= 4 is 10.0 Å². The second-order valence-electron chi connectivity index (χ2n) is 5.78. The third kappa shape index (κ3) is 2.06. The van der Waals surface area contributed by atoms with E-state index in [1.807, 2.05) is 0 Å². The lowest BCUT2D eigenvalue weighted by Crippen LogP contribution is -2.37. The molecule has 0 radical (unpaired) electrons. The van der Waals surface area contributed by atoms with Crippen LogP contribution in [0.5, 0.6) is 0 Å². The highest BCUT2D eigenvalue weighted by molar-refractivity contribution is 7.89. The first kappa shape index (κ1) is 14.0. The zero-order valence-electron chi connectivity index (χ0n) is 11.3. The van der Waals surface area contributed by atoms with Crippen LogP contribution in [0.15, 0.2) is 17.0 Å². The Bertz CT molecular complexity index is 644. The number of piperidine rings is 1. The van der Waals surface area contributed by atoms with Crippen LogP contribution in [-0.2, 0) is 16.6 Å². The number of aliphatic hydroxyl groups excluding tert-OH is 1. The van der Waals surface area contributed by atoms with Gasteiger partial charge in [0.15, 0.2) is 0 Å². The Morgan fingerprint density at radius 3 is 2.70 bits per heavy atom. The molecule has 0 amide bonds. The highest BCUT2D eigenvalue weighted by Gasteiger charge is 2.44. The van der Waals surface area contributed by atoms with E-state index in [-0.39, 0.29) is 22.1 Å². The number of benzene rings is 1. The van der Waals surface area contributed by atoms with Crippen LogP contribution in [0.1, 0.15) is 30.4 Å². The summed E-state index contributed by atoms with van der Waals surface area (Å²) in [4.78, 5) is 0.0907. The summed E-state index contributed by atoms with van der Waals surface area (Å²) in [6, 6.07) is 2.70. The third-order valence-electron chi connectivity index (χ3n) is 4.44. The molecule has 2 fully saturated rings. The zero-order valence-corrected chi connectivity index (χ0v) is 12.2. The highest BCUT2D eigenvalue weighted by atomic mass is 32.2. The standard InChI is InChI=1S/C14H18FNO3S/c1-9-4-13(6-11(8-17)14(9)15)20(18,19)16-7-10-2-3-12(16)5-10/h4,6,10,12,17H,2-3,5,7-8H2,1H3. The van der Waals surface area contributed by atoms with E-state index in [0.717, 1.165) is 19.3 Å². The molecule has 1 saturated carbocycles. The van der Waals surface area contributed by atoms with E-state index in [0.29, 0.717) is 12.5 Å².